The summed E-state index contributed by atoms with van der Waals surface area (Å²) in [5.41, 5.74) is 2.75. The van der Waals surface area contributed by atoms with Crippen LogP contribution in [0.4, 0.5) is 0 Å². The molecule has 2 nitrogen and oxygen atoms in total. The van der Waals surface area contributed by atoms with Crippen LogP contribution in [0.1, 0.15) is 19.8 Å². The maximum absolute atomic E-state index is 8.49. The highest BCUT2D eigenvalue weighted by atomic mass is 16.5. The van der Waals surface area contributed by atoms with Gasteiger partial charge in [0.2, 0.25) is 0 Å². The van der Waals surface area contributed by atoms with Crippen LogP contribution in [0.3, 0.4) is 0 Å². The zero-order chi connectivity index (χ0) is 8.81. The minimum absolute atomic E-state index is 0.113. The lowest BCUT2D eigenvalue weighted by atomic mass is 10.0. The second-order valence-electron chi connectivity index (χ2n) is 3.10. The summed E-state index contributed by atoms with van der Waals surface area (Å²) < 4.78 is 5.23. The first-order valence-corrected chi connectivity index (χ1v) is 4.35. The van der Waals surface area contributed by atoms with E-state index >= 15 is 0 Å². The van der Waals surface area contributed by atoms with Crippen LogP contribution in [0.5, 0.6) is 0 Å². The minimum Gasteiger partial charge on any atom is -0.394 e. The van der Waals surface area contributed by atoms with E-state index in [2.05, 4.69) is 19.1 Å². The zero-order valence-corrected chi connectivity index (χ0v) is 7.55. The van der Waals surface area contributed by atoms with E-state index in [0.29, 0.717) is 13.2 Å². The lowest BCUT2D eigenvalue weighted by Crippen LogP contribution is -2.05. The number of hydrogen-bond acceptors (Lipinski definition) is 2. The Hall–Kier alpha value is -0.600. The van der Waals surface area contributed by atoms with Crippen molar-refractivity contribution in [3.8, 4) is 0 Å². The summed E-state index contributed by atoms with van der Waals surface area (Å²) in [6.07, 6.45) is 6.50. The number of hydrogen-bond donors (Lipinski definition) is 1. The summed E-state index contributed by atoms with van der Waals surface area (Å²) in [5, 5.41) is 8.49. The molecule has 2 heteroatoms. The summed E-state index contributed by atoms with van der Waals surface area (Å²) in [6.45, 7) is 3.37. The monoisotopic (exact) mass is 168 g/mol. The van der Waals surface area contributed by atoms with Gasteiger partial charge in [-0.25, -0.2) is 0 Å². The fraction of sp³-hybridized carbons (Fsp3) is 0.600. The minimum atomic E-state index is 0.113. The summed E-state index contributed by atoms with van der Waals surface area (Å²) in [5.74, 6) is 0. The molecule has 0 heterocycles. The summed E-state index contributed by atoms with van der Waals surface area (Å²) in [7, 11) is 0. The maximum Gasteiger partial charge on any atom is 0.0702 e. The number of aliphatic hydroxyl groups is 1. The van der Waals surface area contributed by atoms with Gasteiger partial charge in [-0.15, -0.1) is 0 Å². The van der Waals surface area contributed by atoms with Crippen LogP contribution in [0.25, 0.3) is 0 Å². The Morgan fingerprint density at radius 3 is 3.00 bits per heavy atom. The molecular formula is C10H16O2. The molecule has 0 fully saturated rings. The quantitative estimate of drug-likeness (QED) is 0.511. The first kappa shape index (κ1) is 9.49. The van der Waals surface area contributed by atoms with E-state index in [9.17, 15) is 0 Å². The van der Waals surface area contributed by atoms with Gasteiger partial charge in [0.05, 0.1) is 19.8 Å². The van der Waals surface area contributed by atoms with E-state index in [1.165, 1.54) is 11.1 Å². The van der Waals surface area contributed by atoms with Crippen molar-refractivity contribution in [3.05, 3.63) is 23.3 Å². The standard InChI is InChI=1S/C10H16O2/c1-9-3-2-4-10(7-9)8-12-6-5-11/h3-4,11H,2,5-8H2,1H3. The molecule has 1 aliphatic carbocycles. The molecule has 0 aromatic heterocycles. The van der Waals surface area contributed by atoms with Gasteiger partial charge < -0.3 is 9.84 Å². The van der Waals surface area contributed by atoms with Crippen LogP contribution in [0.15, 0.2) is 23.3 Å². The van der Waals surface area contributed by atoms with Crippen molar-refractivity contribution in [3.63, 3.8) is 0 Å². The summed E-state index contributed by atoms with van der Waals surface area (Å²) in [4.78, 5) is 0. The number of aliphatic hydroxyl groups excluding tert-OH is 1. The molecule has 1 rings (SSSR count). The van der Waals surface area contributed by atoms with E-state index < -0.39 is 0 Å². The number of allylic oxidation sites excluding steroid dienone is 3. The molecule has 0 radical (unpaired) electrons. The van der Waals surface area contributed by atoms with Crippen molar-refractivity contribution in [1.29, 1.82) is 0 Å². The van der Waals surface area contributed by atoms with Gasteiger partial charge in [0.1, 0.15) is 0 Å². The van der Waals surface area contributed by atoms with E-state index in [-0.39, 0.29) is 6.61 Å². The van der Waals surface area contributed by atoms with E-state index in [1.807, 2.05) is 0 Å². The first-order chi connectivity index (χ1) is 5.83. The molecule has 0 aliphatic heterocycles. The second-order valence-corrected chi connectivity index (χ2v) is 3.10. The van der Waals surface area contributed by atoms with Gasteiger partial charge in [-0.05, 0) is 25.3 Å². The Balaban J connectivity index is 2.20. The third kappa shape index (κ3) is 3.20. The van der Waals surface area contributed by atoms with Crippen LogP contribution in [-0.4, -0.2) is 24.9 Å². The molecule has 0 aromatic carbocycles. The third-order valence-corrected chi connectivity index (χ3v) is 1.90. The Labute approximate surface area is 73.5 Å². The van der Waals surface area contributed by atoms with Gasteiger partial charge in [0.25, 0.3) is 0 Å². The molecule has 0 saturated carbocycles. The Bertz CT molecular complexity index is 192. The topological polar surface area (TPSA) is 29.5 Å². The molecule has 0 atom stereocenters. The zero-order valence-electron chi connectivity index (χ0n) is 7.55. The molecule has 1 N–H and O–H groups in total. The lowest BCUT2D eigenvalue weighted by Gasteiger charge is -2.12. The van der Waals surface area contributed by atoms with Crippen molar-refractivity contribution < 1.29 is 9.84 Å². The van der Waals surface area contributed by atoms with Gasteiger partial charge in [0.15, 0.2) is 0 Å². The number of rotatable bonds is 4. The molecule has 0 bridgehead atoms. The summed E-state index contributed by atoms with van der Waals surface area (Å²) >= 11 is 0. The highest BCUT2D eigenvalue weighted by Gasteiger charge is 2.02. The highest BCUT2D eigenvalue weighted by Crippen LogP contribution is 2.17. The third-order valence-electron chi connectivity index (χ3n) is 1.90. The van der Waals surface area contributed by atoms with Crippen LogP contribution < -0.4 is 0 Å². The fourth-order valence-corrected chi connectivity index (χ4v) is 1.31. The van der Waals surface area contributed by atoms with Gasteiger partial charge in [0, 0.05) is 0 Å². The largest absolute Gasteiger partial charge is 0.394 e. The van der Waals surface area contributed by atoms with Crippen LogP contribution in [-0.2, 0) is 4.74 Å². The average molecular weight is 168 g/mol. The van der Waals surface area contributed by atoms with Crippen molar-refractivity contribution in [2.45, 2.75) is 19.8 Å². The van der Waals surface area contributed by atoms with Crippen molar-refractivity contribution in [2.75, 3.05) is 19.8 Å². The Kier molecular flexibility index (Phi) is 4.05. The van der Waals surface area contributed by atoms with Gasteiger partial charge in [-0.3, -0.25) is 0 Å². The van der Waals surface area contributed by atoms with Crippen LogP contribution in [0.2, 0.25) is 0 Å². The van der Waals surface area contributed by atoms with Crippen LogP contribution in [0, 0.1) is 0 Å². The normalized spacial score (nSPS) is 17.2. The maximum atomic E-state index is 8.49. The predicted molar refractivity (Wildman–Crippen MR) is 49.0 cm³/mol. The molecule has 0 saturated heterocycles. The molecular weight excluding hydrogens is 152 g/mol. The average Bonchev–Trinajstić information content (AvgIpc) is 2.05. The molecule has 0 aromatic rings. The molecule has 0 unspecified atom stereocenters. The molecule has 0 amide bonds. The fourth-order valence-electron chi connectivity index (χ4n) is 1.31. The van der Waals surface area contributed by atoms with Crippen LogP contribution >= 0.6 is 0 Å². The van der Waals surface area contributed by atoms with Gasteiger partial charge in [-0.2, -0.15) is 0 Å². The predicted octanol–water partition coefficient (Wildman–Crippen LogP) is 1.66. The molecule has 68 valence electrons. The van der Waals surface area contributed by atoms with Gasteiger partial charge >= 0.3 is 0 Å². The van der Waals surface area contributed by atoms with E-state index in [1.54, 1.807) is 0 Å². The van der Waals surface area contributed by atoms with E-state index in [0.717, 1.165) is 12.8 Å². The Morgan fingerprint density at radius 1 is 1.50 bits per heavy atom. The number of ether oxygens (including phenoxy) is 1. The SMILES string of the molecule is CC1=CCC=C(COCCO)C1. The summed E-state index contributed by atoms with van der Waals surface area (Å²) in [6, 6.07) is 0. The second kappa shape index (κ2) is 5.12. The molecule has 1 aliphatic rings. The smallest absolute Gasteiger partial charge is 0.0702 e. The first-order valence-electron chi connectivity index (χ1n) is 4.35. The van der Waals surface area contributed by atoms with Gasteiger partial charge in [-0.1, -0.05) is 17.7 Å². The van der Waals surface area contributed by atoms with Crippen molar-refractivity contribution in [1.82, 2.24) is 0 Å². The van der Waals surface area contributed by atoms with E-state index in [4.69, 9.17) is 9.84 Å². The molecule has 0 spiro atoms. The lowest BCUT2D eigenvalue weighted by molar-refractivity contribution is 0.107. The molecule has 12 heavy (non-hydrogen) atoms. The van der Waals surface area contributed by atoms with Crippen molar-refractivity contribution in [2.24, 2.45) is 0 Å². The Morgan fingerprint density at radius 2 is 2.33 bits per heavy atom. The highest BCUT2D eigenvalue weighted by molar-refractivity contribution is 5.21. The van der Waals surface area contributed by atoms with Crippen molar-refractivity contribution >= 4 is 0 Å².